The molecule has 0 atom stereocenters. The van der Waals surface area contributed by atoms with Gasteiger partial charge in [-0.05, 0) is 48.6 Å². The number of nitrogens with one attached hydrogen (secondary N) is 3. The molecule has 0 saturated heterocycles. The van der Waals surface area contributed by atoms with Crippen LogP contribution in [0.1, 0.15) is 10.4 Å². The quantitative estimate of drug-likeness (QED) is 0.707. The Kier molecular flexibility index (Phi) is 3.97. The molecule has 1 aliphatic heterocycles. The van der Waals surface area contributed by atoms with Gasteiger partial charge in [-0.3, -0.25) is 4.79 Å². The molecule has 2 aromatic rings. The van der Waals surface area contributed by atoms with Crippen LogP contribution >= 0.6 is 23.8 Å². The van der Waals surface area contributed by atoms with Gasteiger partial charge in [0.2, 0.25) is 0 Å². The van der Waals surface area contributed by atoms with Crippen molar-refractivity contribution >= 4 is 56.2 Å². The van der Waals surface area contributed by atoms with E-state index in [2.05, 4.69) is 10.6 Å². The second-order valence-electron chi connectivity index (χ2n) is 4.74. The van der Waals surface area contributed by atoms with Gasteiger partial charge in [-0.15, -0.1) is 0 Å². The molecule has 2 aromatic carbocycles. The van der Waals surface area contributed by atoms with Gasteiger partial charge in [0.15, 0.2) is 5.11 Å². The van der Waals surface area contributed by atoms with Crippen molar-refractivity contribution in [2.75, 3.05) is 10.6 Å². The van der Waals surface area contributed by atoms with Crippen molar-refractivity contribution in [3.63, 3.8) is 0 Å². The van der Waals surface area contributed by atoms with Crippen LogP contribution in [0.25, 0.3) is 0 Å². The number of benzene rings is 2. The summed E-state index contributed by atoms with van der Waals surface area (Å²) in [5.74, 6) is -0.633. The first kappa shape index (κ1) is 15.7. The molecule has 0 radical (unpaired) electrons. The molecule has 6 nitrogen and oxygen atoms in total. The normalized spacial score (nSPS) is 14.7. The highest BCUT2D eigenvalue weighted by Gasteiger charge is 2.32. The Morgan fingerprint density at radius 1 is 1.09 bits per heavy atom. The lowest BCUT2D eigenvalue weighted by atomic mass is 10.2. The summed E-state index contributed by atoms with van der Waals surface area (Å²) < 4.78 is 25.5. The van der Waals surface area contributed by atoms with Gasteiger partial charge >= 0.3 is 0 Å². The van der Waals surface area contributed by atoms with Gasteiger partial charge in [0, 0.05) is 16.4 Å². The second kappa shape index (κ2) is 5.80. The van der Waals surface area contributed by atoms with Crippen molar-refractivity contribution in [1.82, 2.24) is 4.72 Å². The summed E-state index contributed by atoms with van der Waals surface area (Å²) in [5, 5.41) is 6.62. The number of hydrogen-bond donors (Lipinski definition) is 3. The lowest BCUT2D eigenvalue weighted by Crippen LogP contribution is -2.20. The number of amides is 1. The smallest absolute Gasteiger partial charge is 0.266 e. The van der Waals surface area contributed by atoms with Crippen molar-refractivity contribution in [3.8, 4) is 0 Å². The average molecular weight is 368 g/mol. The fraction of sp³-hybridized carbons (Fsp3) is 0. The Labute approximate surface area is 142 Å². The molecule has 1 aliphatic rings. The molecule has 0 aromatic heterocycles. The van der Waals surface area contributed by atoms with Crippen LogP contribution in [-0.2, 0) is 10.0 Å². The van der Waals surface area contributed by atoms with Gasteiger partial charge in [0.05, 0.1) is 5.56 Å². The molecule has 3 N–H and O–H groups in total. The van der Waals surface area contributed by atoms with Crippen LogP contribution in [0.15, 0.2) is 47.4 Å². The van der Waals surface area contributed by atoms with Crippen LogP contribution in [0.4, 0.5) is 11.4 Å². The fourth-order valence-electron chi connectivity index (χ4n) is 2.10. The van der Waals surface area contributed by atoms with E-state index in [1.54, 1.807) is 30.3 Å². The molecule has 3 rings (SSSR count). The minimum Gasteiger partial charge on any atom is -0.332 e. The number of thiocarbonyl (C=S) groups is 1. The Hall–Kier alpha value is -2.16. The molecular weight excluding hydrogens is 358 g/mol. The second-order valence-corrected chi connectivity index (χ2v) is 7.23. The summed E-state index contributed by atoms with van der Waals surface area (Å²) in [5.41, 5.74) is 1.26. The summed E-state index contributed by atoms with van der Waals surface area (Å²) in [6.45, 7) is 0. The number of carbonyl (C=O) groups is 1. The topological polar surface area (TPSA) is 87.3 Å². The molecule has 0 unspecified atom stereocenters. The molecule has 23 heavy (non-hydrogen) atoms. The van der Waals surface area contributed by atoms with E-state index in [1.807, 2.05) is 4.72 Å². The first-order valence-corrected chi connectivity index (χ1v) is 8.67. The summed E-state index contributed by atoms with van der Waals surface area (Å²) in [7, 11) is -3.80. The van der Waals surface area contributed by atoms with Crippen LogP contribution in [0.2, 0.25) is 5.02 Å². The zero-order valence-corrected chi connectivity index (χ0v) is 13.8. The van der Waals surface area contributed by atoms with E-state index in [9.17, 15) is 13.2 Å². The molecule has 0 saturated carbocycles. The molecule has 1 heterocycles. The molecule has 9 heteroatoms. The summed E-state index contributed by atoms with van der Waals surface area (Å²) >= 11 is 11.1. The van der Waals surface area contributed by atoms with Crippen LogP contribution < -0.4 is 15.4 Å². The fourth-order valence-corrected chi connectivity index (χ4v) is 3.72. The third-order valence-electron chi connectivity index (χ3n) is 3.08. The van der Waals surface area contributed by atoms with Crippen LogP contribution in [0.5, 0.6) is 0 Å². The van der Waals surface area contributed by atoms with Crippen LogP contribution in [0, 0.1) is 0 Å². The lowest BCUT2D eigenvalue weighted by Gasteiger charge is -2.11. The predicted molar refractivity (Wildman–Crippen MR) is 92.4 cm³/mol. The number of rotatable bonds is 2. The number of anilines is 2. The standard InChI is InChI=1S/C14H10ClN3O3S2/c15-8-2-1-3-9(6-8)16-14(22)17-10-4-5-11-12(7-10)23(20,21)18-13(11)19/h1-7H,(H,18,19)(H2,16,17,22). The van der Waals surface area contributed by atoms with E-state index in [-0.39, 0.29) is 15.6 Å². The number of halogens is 1. The molecule has 0 spiro atoms. The minimum absolute atomic E-state index is 0.0712. The number of fused-ring (bicyclic) bond motifs is 1. The van der Waals surface area contributed by atoms with Gasteiger partial charge in [-0.1, -0.05) is 17.7 Å². The maximum Gasteiger partial charge on any atom is 0.266 e. The Morgan fingerprint density at radius 2 is 1.78 bits per heavy atom. The van der Waals surface area contributed by atoms with E-state index < -0.39 is 15.9 Å². The first-order chi connectivity index (χ1) is 10.8. The van der Waals surface area contributed by atoms with Crippen molar-refractivity contribution in [2.45, 2.75) is 4.90 Å². The molecule has 118 valence electrons. The van der Waals surface area contributed by atoms with Crippen LogP contribution in [-0.4, -0.2) is 19.4 Å². The monoisotopic (exact) mass is 367 g/mol. The van der Waals surface area contributed by atoms with Crippen molar-refractivity contribution < 1.29 is 13.2 Å². The van der Waals surface area contributed by atoms with E-state index in [0.717, 1.165) is 0 Å². The Morgan fingerprint density at radius 3 is 2.48 bits per heavy atom. The third-order valence-corrected chi connectivity index (χ3v) is 4.89. The molecule has 0 fully saturated rings. The maximum atomic E-state index is 11.8. The molecule has 0 aliphatic carbocycles. The number of sulfonamides is 1. The van der Waals surface area contributed by atoms with Crippen molar-refractivity contribution in [1.29, 1.82) is 0 Å². The van der Waals surface area contributed by atoms with Crippen molar-refractivity contribution in [2.24, 2.45) is 0 Å². The van der Waals surface area contributed by atoms with Gasteiger partial charge in [-0.25, -0.2) is 13.1 Å². The van der Waals surface area contributed by atoms with E-state index >= 15 is 0 Å². The van der Waals surface area contributed by atoms with Gasteiger partial charge in [0.1, 0.15) is 4.90 Å². The minimum atomic E-state index is -3.80. The van der Waals surface area contributed by atoms with E-state index in [0.29, 0.717) is 16.4 Å². The van der Waals surface area contributed by atoms with Crippen molar-refractivity contribution in [3.05, 3.63) is 53.1 Å². The lowest BCUT2D eigenvalue weighted by molar-refractivity contribution is 0.0985. The first-order valence-electron chi connectivity index (χ1n) is 6.40. The highest BCUT2D eigenvalue weighted by atomic mass is 35.5. The van der Waals surface area contributed by atoms with Crippen LogP contribution in [0.3, 0.4) is 0 Å². The van der Waals surface area contributed by atoms with Gasteiger partial charge in [0.25, 0.3) is 15.9 Å². The zero-order valence-electron chi connectivity index (χ0n) is 11.5. The van der Waals surface area contributed by atoms with Gasteiger partial charge < -0.3 is 10.6 Å². The summed E-state index contributed by atoms with van der Waals surface area (Å²) in [6, 6.07) is 11.4. The SMILES string of the molecule is O=C1NS(=O)(=O)c2cc(NC(=S)Nc3cccc(Cl)c3)ccc21. The highest BCUT2D eigenvalue weighted by Crippen LogP contribution is 2.25. The molecule has 1 amide bonds. The van der Waals surface area contributed by atoms with E-state index in [1.165, 1.54) is 12.1 Å². The Bertz CT molecular complexity index is 929. The number of carbonyl (C=O) groups excluding carboxylic acids is 1. The summed E-state index contributed by atoms with van der Waals surface area (Å²) in [6.07, 6.45) is 0. The maximum absolute atomic E-state index is 11.8. The van der Waals surface area contributed by atoms with E-state index in [4.69, 9.17) is 23.8 Å². The number of hydrogen-bond acceptors (Lipinski definition) is 4. The molecule has 0 bridgehead atoms. The van der Waals surface area contributed by atoms with Gasteiger partial charge in [-0.2, -0.15) is 0 Å². The third kappa shape index (κ3) is 3.29. The predicted octanol–water partition coefficient (Wildman–Crippen LogP) is 2.58. The Balaban J connectivity index is 1.79. The molecular formula is C14H10ClN3O3S2. The largest absolute Gasteiger partial charge is 0.332 e. The summed E-state index contributed by atoms with van der Waals surface area (Å²) in [4.78, 5) is 11.5. The zero-order chi connectivity index (χ0) is 16.6. The highest BCUT2D eigenvalue weighted by molar-refractivity contribution is 7.90. The average Bonchev–Trinajstić information content (AvgIpc) is 2.68.